The molecule has 208 valence electrons. The third-order valence-corrected chi connectivity index (χ3v) is 9.20. The van der Waals surface area contributed by atoms with Gasteiger partial charge in [0, 0.05) is 32.4 Å². The summed E-state index contributed by atoms with van der Waals surface area (Å²) in [4.78, 5) is 19.8. The largest absolute Gasteiger partial charge is 0.488 e. The molecule has 5 nitrogen and oxygen atoms in total. The molecule has 0 spiro atoms. The van der Waals surface area contributed by atoms with E-state index in [0.717, 1.165) is 46.1 Å². The first kappa shape index (κ1) is 28.8. The highest BCUT2D eigenvalue weighted by atomic mass is 79.9. The Morgan fingerprint density at radius 1 is 1.15 bits per heavy atom. The minimum absolute atomic E-state index is 0.131. The Bertz CT molecular complexity index is 1630. The van der Waals surface area contributed by atoms with Crippen molar-refractivity contribution in [3.8, 4) is 11.8 Å². The van der Waals surface area contributed by atoms with Gasteiger partial charge in [-0.3, -0.25) is 4.79 Å². The number of amides is 1. The van der Waals surface area contributed by atoms with Crippen LogP contribution in [-0.2, 0) is 19.4 Å². The van der Waals surface area contributed by atoms with Crippen LogP contribution in [0.25, 0.3) is 0 Å². The molecule has 1 aliphatic rings. The summed E-state index contributed by atoms with van der Waals surface area (Å²) in [6, 6.07) is 24.9. The van der Waals surface area contributed by atoms with Crippen LogP contribution in [0.2, 0.25) is 0 Å². The van der Waals surface area contributed by atoms with E-state index in [0.29, 0.717) is 27.8 Å². The predicted octanol–water partition coefficient (Wildman–Crippen LogP) is 9.12. The maximum Gasteiger partial charge on any atom is 0.259 e. The van der Waals surface area contributed by atoms with Crippen molar-refractivity contribution in [2.75, 3.05) is 5.32 Å². The quantitative estimate of drug-likeness (QED) is 0.208. The monoisotopic (exact) mass is 625 g/mol. The number of halogens is 1. The van der Waals surface area contributed by atoms with Crippen LogP contribution < -0.4 is 10.1 Å². The van der Waals surface area contributed by atoms with E-state index in [1.807, 2.05) is 66.7 Å². The van der Waals surface area contributed by atoms with E-state index in [4.69, 9.17) is 9.73 Å². The molecule has 1 aromatic heterocycles. The van der Waals surface area contributed by atoms with Crippen molar-refractivity contribution in [1.29, 1.82) is 5.26 Å². The first-order valence-corrected chi connectivity index (χ1v) is 15.3. The number of hydrogen-bond acceptors (Lipinski definition) is 5. The fourth-order valence-corrected chi connectivity index (χ4v) is 6.79. The van der Waals surface area contributed by atoms with Gasteiger partial charge in [-0.15, -0.1) is 11.3 Å². The van der Waals surface area contributed by atoms with Crippen molar-refractivity contribution in [1.82, 2.24) is 0 Å². The van der Waals surface area contributed by atoms with Gasteiger partial charge in [-0.25, -0.2) is 4.99 Å². The van der Waals surface area contributed by atoms with Gasteiger partial charge in [-0.05, 0) is 72.6 Å². The van der Waals surface area contributed by atoms with Crippen LogP contribution in [0.3, 0.4) is 0 Å². The van der Waals surface area contributed by atoms with Gasteiger partial charge < -0.3 is 10.1 Å². The lowest BCUT2D eigenvalue weighted by molar-refractivity contribution is 0.102. The summed E-state index contributed by atoms with van der Waals surface area (Å²) in [5.41, 5.74) is 4.93. The number of fused-ring (bicyclic) bond motifs is 1. The van der Waals surface area contributed by atoms with Crippen molar-refractivity contribution >= 4 is 50.1 Å². The summed E-state index contributed by atoms with van der Waals surface area (Å²) in [5.74, 6) is 1.07. The fraction of sp³-hybridized carbons (Fsp3) is 0.265. The zero-order valence-electron chi connectivity index (χ0n) is 23.4. The minimum Gasteiger partial charge on any atom is -0.488 e. The van der Waals surface area contributed by atoms with Gasteiger partial charge in [-0.1, -0.05) is 73.1 Å². The molecule has 0 unspecified atom stereocenters. The number of anilines is 1. The number of para-hydroxylation sites is 1. The number of nitrogens with one attached hydrogen (secondary N) is 1. The number of carbonyl (C=O) groups excluding carboxylic acids is 1. The first-order chi connectivity index (χ1) is 19.7. The van der Waals surface area contributed by atoms with Gasteiger partial charge in [0.25, 0.3) is 5.91 Å². The summed E-state index contributed by atoms with van der Waals surface area (Å²) in [7, 11) is 0. The normalized spacial score (nSPS) is 14.9. The highest BCUT2D eigenvalue weighted by Crippen LogP contribution is 2.45. The fourth-order valence-electron chi connectivity index (χ4n) is 5.14. The smallest absolute Gasteiger partial charge is 0.259 e. The Morgan fingerprint density at radius 3 is 2.66 bits per heavy atom. The Balaban J connectivity index is 1.48. The summed E-state index contributed by atoms with van der Waals surface area (Å²) < 4.78 is 7.05. The zero-order valence-corrected chi connectivity index (χ0v) is 25.8. The molecule has 1 aliphatic carbocycles. The number of nitriles is 1. The number of ether oxygens (including phenoxy) is 1. The number of hydrogen-bond donors (Lipinski definition) is 1. The summed E-state index contributed by atoms with van der Waals surface area (Å²) >= 11 is 5.18. The minimum atomic E-state index is -0.131. The van der Waals surface area contributed by atoms with E-state index >= 15 is 0 Å². The van der Waals surface area contributed by atoms with Crippen LogP contribution >= 0.6 is 27.3 Å². The Morgan fingerprint density at radius 2 is 1.90 bits per heavy atom. The second kappa shape index (κ2) is 12.4. The van der Waals surface area contributed by atoms with E-state index in [-0.39, 0.29) is 17.9 Å². The van der Waals surface area contributed by atoms with E-state index in [2.05, 4.69) is 48.1 Å². The lowest BCUT2D eigenvalue weighted by Crippen LogP contribution is -2.27. The van der Waals surface area contributed by atoms with Crippen LogP contribution in [-0.4, -0.2) is 12.1 Å². The second-order valence-electron chi connectivity index (χ2n) is 11.3. The molecule has 5 rings (SSSR count). The maximum atomic E-state index is 13.7. The second-order valence-corrected chi connectivity index (χ2v) is 13.3. The Hall–Kier alpha value is -3.73. The van der Waals surface area contributed by atoms with Gasteiger partial charge >= 0.3 is 0 Å². The average molecular weight is 627 g/mol. The van der Waals surface area contributed by atoms with E-state index in [9.17, 15) is 10.1 Å². The molecule has 1 amide bonds. The average Bonchev–Trinajstić information content (AvgIpc) is 3.33. The lowest BCUT2D eigenvalue weighted by Gasteiger charge is -2.33. The molecule has 0 aliphatic heterocycles. The molecule has 4 aromatic rings. The third kappa shape index (κ3) is 6.78. The van der Waals surface area contributed by atoms with E-state index in [1.54, 1.807) is 23.6 Å². The molecule has 3 aromatic carbocycles. The molecule has 0 fully saturated rings. The van der Waals surface area contributed by atoms with Crippen LogP contribution in [0.15, 0.2) is 82.3 Å². The molecule has 1 atom stereocenters. The number of aliphatic imine (C=N–C) groups is 1. The van der Waals surface area contributed by atoms with Crippen molar-refractivity contribution in [2.24, 2.45) is 16.3 Å². The van der Waals surface area contributed by atoms with Gasteiger partial charge in [0.1, 0.15) is 17.4 Å². The van der Waals surface area contributed by atoms with E-state index in [1.165, 1.54) is 4.88 Å². The molecule has 0 saturated heterocycles. The van der Waals surface area contributed by atoms with Gasteiger partial charge in [0.15, 0.2) is 0 Å². The number of nitrogens with zero attached hydrogens (tertiary/aromatic N) is 2. The van der Waals surface area contributed by atoms with Crippen LogP contribution in [0.1, 0.15) is 64.7 Å². The molecule has 41 heavy (non-hydrogen) atoms. The molecule has 0 saturated carbocycles. The highest BCUT2D eigenvalue weighted by molar-refractivity contribution is 9.10. The molecule has 0 bridgehead atoms. The predicted molar refractivity (Wildman–Crippen MR) is 171 cm³/mol. The number of thiophene rings is 1. The van der Waals surface area contributed by atoms with E-state index < -0.39 is 0 Å². The number of carbonyl (C=O) groups is 1. The van der Waals surface area contributed by atoms with Crippen molar-refractivity contribution < 1.29 is 9.53 Å². The standard InChI is InChI=1S/C34H32BrN3O2S/c1-34(2,3)25-13-15-28-30(18-25)41-33(31(28)32(39)38-27-11-5-4-6-12-27)37-20-24-17-26(35)14-16-29(24)40-21-23-10-8-7-9-22(23)19-36/h4-12,14,16-17,20,25H,13,15,18,21H2,1-3H3,(H,38,39)/t25-/m0/s1. The van der Waals surface area contributed by atoms with Crippen LogP contribution in [0, 0.1) is 22.7 Å². The van der Waals surface area contributed by atoms with Gasteiger partial charge in [-0.2, -0.15) is 5.26 Å². The molecule has 1 N–H and O–H groups in total. The molecule has 1 heterocycles. The highest BCUT2D eigenvalue weighted by Gasteiger charge is 2.33. The number of benzene rings is 3. The first-order valence-electron chi connectivity index (χ1n) is 13.7. The molecular weight excluding hydrogens is 594 g/mol. The van der Waals surface area contributed by atoms with Crippen LogP contribution in [0.5, 0.6) is 5.75 Å². The molecule has 0 radical (unpaired) electrons. The Labute approximate surface area is 254 Å². The summed E-state index contributed by atoms with van der Waals surface area (Å²) in [6.07, 6.45) is 4.64. The van der Waals surface area contributed by atoms with Crippen molar-refractivity contribution in [3.05, 3.63) is 110 Å². The summed E-state index contributed by atoms with van der Waals surface area (Å²) in [5, 5.41) is 13.2. The summed E-state index contributed by atoms with van der Waals surface area (Å²) in [6.45, 7) is 7.14. The SMILES string of the molecule is CC(C)(C)[C@H]1CCc2c(sc(N=Cc3cc(Br)ccc3OCc3ccccc3C#N)c2C(=O)Nc2ccccc2)C1. The maximum absolute atomic E-state index is 13.7. The number of rotatable bonds is 7. The Kier molecular flexibility index (Phi) is 8.72. The van der Waals surface area contributed by atoms with Crippen molar-refractivity contribution in [3.63, 3.8) is 0 Å². The van der Waals surface area contributed by atoms with Crippen LogP contribution in [0.4, 0.5) is 10.7 Å². The third-order valence-electron chi connectivity index (χ3n) is 7.54. The zero-order chi connectivity index (χ0) is 29.0. The molecule has 7 heteroatoms. The molecular formula is C34H32BrN3O2S. The van der Waals surface area contributed by atoms with Gasteiger partial charge in [0.2, 0.25) is 0 Å². The topological polar surface area (TPSA) is 74.5 Å². The lowest BCUT2D eigenvalue weighted by atomic mass is 9.72. The van der Waals surface area contributed by atoms with Gasteiger partial charge in [0.05, 0.1) is 17.2 Å². The van der Waals surface area contributed by atoms with Crippen molar-refractivity contribution in [2.45, 2.75) is 46.6 Å².